The van der Waals surface area contributed by atoms with Gasteiger partial charge in [-0.05, 0) is 33.1 Å². The van der Waals surface area contributed by atoms with Gasteiger partial charge in [0, 0.05) is 25.5 Å². The Bertz CT molecular complexity index is 592. The van der Waals surface area contributed by atoms with E-state index >= 15 is 0 Å². The lowest BCUT2D eigenvalue weighted by molar-refractivity contribution is 0.0481. The number of fused-ring (bicyclic) bond motifs is 1. The Hall–Kier alpha value is -1.69. The molecule has 0 amide bonds. The molecule has 6 nitrogen and oxygen atoms in total. The molecule has 3 heterocycles. The van der Waals surface area contributed by atoms with Crippen LogP contribution < -0.4 is 4.90 Å². The fourth-order valence-electron chi connectivity index (χ4n) is 2.63. The molecule has 1 saturated heterocycles. The summed E-state index contributed by atoms with van der Waals surface area (Å²) in [5, 5.41) is 18.5. The van der Waals surface area contributed by atoms with E-state index in [-0.39, 0.29) is 0 Å². The standard InChI is InChI=1S/C13H19N5O/c1-10-15-16-12-11(14-6-9-18(10)12)17-7-3-4-13(2,19)5-8-17/h6,9,19H,3-5,7-8H2,1-2H3. The van der Waals surface area contributed by atoms with Crippen LogP contribution in [-0.2, 0) is 0 Å². The van der Waals surface area contributed by atoms with Gasteiger partial charge in [-0.15, -0.1) is 10.2 Å². The summed E-state index contributed by atoms with van der Waals surface area (Å²) in [4.78, 5) is 6.65. The van der Waals surface area contributed by atoms with E-state index in [0.717, 1.165) is 49.6 Å². The highest BCUT2D eigenvalue weighted by atomic mass is 16.3. The zero-order valence-electron chi connectivity index (χ0n) is 11.4. The van der Waals surface area contributed by atoms with Crippen LogP contribution in [0.25, 0.3) is 5.65 Å². The van der Waals surface area contributed by atoms with Crippen molar-refractivity contribution >= 4 is 11.5 Å². The number of hydrogen-bond donors (Lipinski definition) is 1. The molecule has 1 N–H and O–H groups in total. The smallest absolute Gasteiger partial charge is 0.203 e. The van der Waals surface area contributed by atoms with Crippen LogP contribution in [0.15, 0.2) is 12.4 Å². The monoisotopic (exact) mass is 261 g/mol. The van der Waals surface area contributed by atoms with Crippen molar-refractivity contribution in [2.75, 3.05) is 18.0 Å². The lowest BCUT2D eigenvalue weighted by Gasteiger charge is -2.23. The van der Waals surface area contributed by atoms with Crippen molar-refractivity contribution in [3.8, 4) is 0 Å². The first-order chi connectivity index (χ1) is 9.07. The second-order valence-electron chi connectivity index (χ2n) is 5.53. The van der Waals surface area contributed by atoms with Crippen LogP contribution in [0.5, 0.6) is 0 Å². The Balaban J connectivity index is 1.96. The van der Waals surface area contributed by atoms with Crippen molar-refractivity contribution in [3.05, 3.63) is 18.2 Å². The number of aryl methyl sites for hydroxylation is 1. The van der Waals surface area contributed by atoms with Crippen LogP contribution in [-0.4, -0.2) is 43.4 Å². The topological polar surface area (TPSA) is 66.5 Å². The van der Waals surface area contributed by atoms with Crippen LogP contribution >= 0.6 is 0 Å². The Kier molecular flexibility index (Phi) is 2.89. The first kappa shape index (κ1) is 12.3. The third-order valence-corrected chi connectivity index (χ3v) is 3.84. The van der Waals surface area contributed by atoms with Gasteiger partial charge >= 0.3 is 0 Å². The minimum absolute atomic E-state index is 0.566. The number of nitrogens with zero attached hydrogens (tertiary/aromatic N) is 5. The molecule has 0 aromatic carbocycles. The molecule has 2 aromatic heterocycles. The van der Waals surface area contributed by atoms with Gasteiger partial charge in [-0.1, -0.05) is 0 Å². The quantitative estimate of drug-likeness (QED) is 0.834. The minimum Gasteiger partial charge on any atom is -0.390 e. The summed E-state index contributed by atoms with van der Waals surface area (Å²) in [6, 6.07) is 0. The summed E-state index contributed by atoms with van der Waals surface area (Å²) >= 11 is 0. The highest BCUT2D eigenvalue weighted by Gasteiger charge is 2.26. The van der Waals surface area contributed by atoms with Gasteiger partial charge < -0.3 is 10.0 Å². The normalized spacial score (nSPS) is 24.7. The maximum atomic E-state index is 10.2. The summed E-state index contributed by atoms with van der Waals surface area (Å²) in [7, 11) is 0. The van der Waals surface area contributed by atoms with Crippen molar-refractivity contribution in [3.63, 3.8) is 0 Å². The first-order valence-corrected chi connectivity index (χ1v) is 6.70. The molecule has 0 saturated carbocycles. The molecule has 0 aliphatic carbocycles. The molecule has 1 aliphatic heterocycles. The molecule has 19 heavy (non-hydrogen) atoms. The highest BCUT2D eigenvalue weighted by Crippen LogP contribution is 2.26. The molecule has 0 radical (unpaired) electrons. The van der Waals surface area contributed by atoms with E-state index in [9.17, 15) is 5.11 Å². The third-order valence-electron chi connectivity index (χ3n) is 3.84. The van der Waals surface area contributed by atoms with Gasteiger partial charge in [-0.25, -0.2) is 4.98 Å². The summed E-state index contributed by atoms with van der Waals surface area (Å²) < 4.78 is 1.95. The molecule has 0 spiro atoms. The van der Waals surface area contributed by atoms with E-state index in [1.165, 1.54) is 0 Å². The van der Waals surface area contributed by atoms with Gasteiger partial charge in [0.05, 0.1) is 5.60 Å². The Morgan fingerprint density at radius 1 is 1.26 bits per heavy atom. The summed E-state index contributed by atoms with van der Waals surface area (Å²) in [6.45, 7) is 5.53. The lowest BCUT2D eigenvalue weighted by atomic mass is 9.98. The average molecular weight is 261 g/mol. The van der Waals surface area contributed by atoms with Crippen LogP contribution in [0.1, 0.15) is 32.0 Å². The van der Waals surface area contributed by atoms with Crippen molar-refractivity contribution in [1.82, 2.24) is 19.6 Å². The molecule has 1 unspecified atom stereocenters. The highest BCUT2D eigenvalue weighted by molar-refractivity contribution is 5.63. The minimum atomic E-state index is -0.566. The zero-order valence-corrected chi connectivity index (χ0v) is 11.4. The third kappa shape index (κ3) is 2.28. The van der Waals surface area contributed by atoms with Gasteiger partial charge in [0.2, 0.25) is 5.65 Å². The summed E-state index contributed by atoms with van der Waals surface area (Å²) in [6.07, 6.45) is 6.20. The van der Waals surface area contributed by atoms with Crippen molar-refractivity contribution < 1.29 is 5.11 Å². The lowest BCUT2D eigenvalue weighted by Crippen LogP contribution is -2.29. The molecule has 102 valence electrons. The Morgan fingerprint density at radius 2 is 2.11 bits per heavy atom. The number of aromatic nitrogens is 4. The molecule has 3 rings (SSSR count). The van der Waals surface area contributed by atoms with Crippen LogP contribution in [0.4, 0.5) is 5.82 Å². The van der Waals surface area contributed by atoms with E-state index in [1.54, 1.807) is 6.20 Å². The molecular weight excluding hydrogens is 242 g/mol. The van der Waals surface area contributed by atoms with Crippen LogP contribution in [0, 0.1) is 6.92 Å². The van der Waals surface area contributed by atoms with Gasteiger partial charge in [-0.2, -0.15) is 0 Å². The zero-order chi connectivity index (χ0) is 13.5. The van der Waals surface area contributed by atoms with Crippen LogP contribution in [0.3, 0.4) is 0 Å². The van der Waals surface area contributed by atoms with Crippen molar-refractivity contribution in [2.24, 2.45) is 0 Å². The second-order valence-corrected chi connectivity index (χ2v) is 5.53. The molecule has 1 fully saturated rings. The van der Waals surface area contributed by atoms with Crippen molar-refractivity contribution in [2.45, 2.75) is 38.7 Å². The van der Waals surface area contributed by atoms with Gasteiger partial charge in [0.15, 0.2) is 5.82 Å². The Labute approximate surface area is 112 Å². The fraction of sp³-hybridized carbons (Fsp3) is 0.615. The molecule has 6 heteroatoms. The van der Waals surface area contributed by atoms with E-state index in [4.69, 9.17) is 0 Å². The average Bonchev–Trinajstić information content (AvgIpc) is 2.65. The van der Waals surface area contributed by atoms with Crippen LogP contribution in [0.2, 0.25) is 0 Å². The number of anilines is 1. The van der Waals surface area contributed by atoms with E-state index in [1.807, 2.05) is 24.4 Å². The molecule has 0 bridgehead atoms. The number of rotatable bonds is 1. The maximum Gasteiger partial charge on any atom is 0.203 e. The largest absolute Gasteiger partial charge is 0.390 e. The summed E-state index contributed by atoms with van der Waals surface area (Å²) in [5.41, 5.74) is 0.227. The van der Waals surface area contributed by atoms with Gasteiger partial charge in [0.1, 0.15) is 5.82 Å². The van der Waals surface area contributed by atoms with Crippen molar-refractivity contribution in [1.29, 1.82) is 0 Å². The van der Waals surface area contributed by atoms with E-state index < -0.39 is 5.60 Å². The van der Waals surface area contributed by atoms with Gasteiger partial charge in [-0.3, -0.25) is 4.40 Å². The first-order valence-electron chi connectivity index (χ1n) is 6.70. The number of hydrogen-bond acceptors (Lipinski definition) is 5. The van der Waals surface area contributed by atoms with E-state index in [2.05, 4.69) is 20.1 Å². The molecule has 1 atom stereocenters. The summed E-state index contributed by atoms with van der Waals surface area (Å²) in [5.74, 6) is 1.72. The molecule has 2 aromatic rings. The fourth-order valence-corrected chi connectivity index (χ4v) is 2.63. The predicted octanol–water partition coefficient (Wildman–Crippen LogP) is 1.17. The van der Waals surface area contributed by atoms with Gasteiger partial charge in [0.25, 0.3) is 0 Å². The second kappa shape index (κ2) is 4.45. The maximum absolute atomic E-state index is 10.2. The molecule has 1 aliphatic rings. The molecular formula is C13H19N5O. The SMILES string of the molecule is Cc1nnc2c(N3CCCC(C)(O)CC3)nccn12. The van der Waals surface area contributed by atoms with E-state index in [0.29, 0.717) is 0 Å². The Morgan fingerprint density at radius 3 is 2.95 bits per heavy atom. The number of aliphatic hydroxyl groups is 1. The predicted molar refractivity (Wildman–Crippen MR) is 72.2 cm³/mol.